The molecule has 3 rings (SSSR count). The van der Waals surface area contributed by atoms with Crippen LogP contribution in [0.25, 0.3) is 0 Å². The second-order valence-electron chi connectivity index (χ2n) is 6.34. The number of piperidine rings is 1. The van der Waals surface area contributed by atoms with Crippen molar-refractivity contribution in [3.63, 3.8) is 0 Å². The van der Waals surface area contributed by atoms with Crippen LogP contribution in [0.2, 0.25) is 0 Å². The van der Waals surface area contributed by atoms with Gasteiger partial charge in [0.25, 0.3) is 0 Å². The van der Waals surface area contributed by atoms with Crippen molar-refractivity contribution in [2.45, 2.75) is 58.0 Å². The number of hydrogen-bond donors (Lipinski definition) is 1. The Kier molecular flexibility index (Phi) is 5.08. The van der Waals surface area contributed by atoms with E-state index in [-0.39, 0.29) is 0 Å². The van der Waals surface area contributed by atoms with Crippen LogP contribution in [0.15, 0.2) is 5.38 Å². The van der Waals surface area contributed by atoms with E-state index in [0.717, 1.165) is 24.9 Å². The fourth-order valence-corrected chi connectivity index (χ4v) is 4.03. The fraction of sp³-hybridized carbons (Fsp3) is 0.812. The van der Waals surface area contributed by atoms with Gasteiger partial charge < -0.3 is 5.32 Å². The lowest BCUT2D eigenvalue weighted by molar-refractivity contribution is 0.188. The number of nitrogens with zero attached hydrogens (tertiary/aromatic N) is 2. The topological polar surface area (TPSA) is 28.2 Å². The molecule has 2 fully saturated rings. The summed E-state index contributed by atoms with van der Waals surface area (Å²) in [5.74, 6) is 0.894. The van der Waals surface area contributed by atoms with Crippen molar-refractivity contribution < 1.29 is 0 Å². The average Bonchev–Trinajstić information content (AvgIpc) is 3.22. The molecule has 0 amide bonds. The maximum absolute atomic E-state index is 4.81. The van der Waals surface area contributed by atoms with Gasteiger partial charge in [0.05, 0.1) is 10.7 Å². The summed E-state index contributed by atoms with van der Waals surface area (Å²) >= 11 is 1.85. The van der Waals surface area contributed by atoms with Gasteiger partial charge in [0.15, 0.2) is 0 Å². The van der Waals surface area contributed by atoms with Crippen molar-refractivity contribution >= 4 is 11.3 Å². The van der Waals surface area contributed by atoms with Crippen LogP contribution < -0.4 is 5.32 Å². The number of rotatable bonds is 7. The highest BCUT2D eigenvalue weighted by Crippen LogP contribution is 2.30. The molecule has 1 aliphatic carbocycles. The van der Waals surface area contributed by atoms with Crippen LogP contribution in [-0.4, -0.2) is 35.6 Å². The zero-order valence-corrected chi connectivity index (χ0v) is 13.4. The summed E-state index contributed by atoms with van der Waals surface area (Å²) in [6.07, 6.45) is 7.84. The monoisotopic (exact) mass is 293 g/mol. The molecule has 1 aromatic rings. The van der Waals surface area contributed by atoms with Crippen LogP contribution in [0.5, 0.6) is 0 Å². The number of nitrogens with one attached hydrogen (secondary N) is 1. The molecule has 20 heavy (non-hydrogen) atoms. The Morgan fingerprint density at radius 3 is 2.80 bits per heavy atom. The van der Waals surface area contributed by atoms with Crippen molar-refractivity contribution in [3.05, 3.63) is 16.1 Å². The summed E-state index contributed by atoms with van der Waals surface area (Å²) in [5.41, 5.74) is 1.30. The van der Waals surface area contributed by atoms with Crippen LogP contribution in [0.4, 0.5) is 0 Å². The first-order valence-corrected chi connectivity index (χ1v) is 9.11. The number of thiazole rings is 1. The van der Waals surface area contributed by atoms with Gasteiger partial charge in [-0.15, -0.1) is 11.3 Å². The van der Waals surface area contributed by atoms with Crippen molar-refractivity contribution in [1.29, 1.82) is 0 Å². The van der Waals surface area contributed by atoms with E-state index < -0.39 is 0 Å². The standard InChI is InChI=1S/C16H27N3S/c1-2-3-16-18-14(12-20-16)11-19(15-4-5-15)10-13-6-8-17-9-7-13/h12-13,15,17H,2-11H2,1H3. The molecule has 0 atom stereocenters. The van der Waals surface area contributed by atoms with Gasteiger partial charge in [-0.2, -0.15) is 0 Å². The van der Waals surface area contributed by atoms with E-state index in [0.29, 0.717) is 0 Å². The Balaban J connectivity index is 1.55. The molecular formula is C16H27N3S. The minimum Gasteiger partial charge on any atom is -0.317 e. The average molecular weight is 293 g/mol. The number of aromatic nitrogens is 1. The summed E-state index contributed by atoms with van der Waals surface area (Å²) in [7, 11) is 0. The summed E-state index contributed by atoms with van der Waals surface area (Å²) in [6, 6.07) is 0.848. The Morgan fingerprint density at radius 1 is 1.30 bits per heavy atom. The van der Waals surface area contributed by atoms with Gasteiger partial charge in [-0.25, -0.2) is 4.98 Å². The predicted octanol–water partition coefficient (Wildman–Crippen LogP) is 3.06. The van der Waals surface area contributed by atoms with Crippen molar-refractivity contribution in [1.82, 2.24) is 15.2 Å². The molecule has 0 unspecified atom stereocenters. The highest BCUT2D eigenvalue weighted by molar-refractivity contribution is 7.09. The van der Waals surface area contributed by atoms with Crippen LogP contribution >= 0.6 is 11.3 Å². The molecule has 0 aromatic carbocycles. The second kappa shape index (κ2) is 7.01. The normalized spacial score (nSPS) is 20.7. The third-order valence-corrected chi connectivity index (χ3v) is 5.40. The third kappa shape index (κ3) is 4.03. The Labute approximate surface area is 126 Å². The summed E-state index contributed by atoms with van der Waals surface area (Å²) in [5, 5.41) is 7.07. The van der Waals surface area contributed by atoms with Crippen LogP contribution in [0.3, 0.4) is 0 Å². The molecule has 1 N–H and O–H groups in total. The van der Waals surface area contributed by atoms with E-state index in [1.807, 2.05) is 11.3 Å². The van der Waals surface area contributed by atoms with E-state index in [2.05, 4.69) is 22.5 Å². The molecule has 0 spiro atoms. The molecule has 2 aliphatic rings. The zero-order valence-electron chi connectivity index (χ0n) is 12.6. The van der Waals surface area contributed by atoms with Gasteiger partial charge in [-0.3, -0.25) is 4.90 Å². The van der Waals surface area contributed by atoms with Crippen LogP contribution in [0.1, 0.15) is 49.7 Å². The Morgan fingerprint density at radius 2 is 2.10 bits per heavy atom. The summed E-state index contributed by atoms with van der Waals surface area (Å²) in [4.78, 5) is 7.52. The van der Waals surface area contributed by atoms with E-state index in [1.54, 1.807) is 0 Å². The SMILES string of the molecule is CCCc1nc(CN(CC2CCNCC2)C2CC2)cs1. The number of hydrogen-bond acceptors (Lipinski definition) is 4. The maximum Gasteiger partial charge on any atom is 0.0928 e. The minimum atomic E-state index is 0.848. The molecule has 0 bridgehead atoms. The molecule has 1 saturated carbocycles. The summed E-state index contributed by atoms with van der Waals surface area (Å²) < 4.78 is 0. The van der Waals surface area contributed by atoms with Crippen molar-refractivity contribution in [2.75, 3.05) is 19.6 Å². The molecule has 1 aromatic heterocycles. The molecule has 1 aliphatic heterocycles. The Bertz CT molecular complexity index is 408. The predicted molar refractivity (Wildman–Crippen MR) is 85.1 cm³/mol. The van der Waals surface area contributed by atoms with Gasteiger partial charge in [-0.05, 0) is 57.5 Å². The van der Waals surface area contributed by atoms with E-state index in [1.165, 1.54) is 62.4 Å². The molecule has 112 valence electrons. The van der Waals surface area contributed by atoms with Crippen LogP contribution in [-0.2, 0) is 13.0 Å². The van der Waals surface area contributed by atoms with E-state index >= 15 is 0 Å². The number of aryl methyl sites for hydroxylation is 1. The van der Waals surface area contributed by atoms with Gasteiger partial charge in [0, 0.05) is 24.5 Å². The van der Waals surface area contributed by atoms with E-state index in [4.69, 9.17) is 4.98 Å². The van der Waals surface area contributed by atoms with Gasteiger partial charge in [0.1, 0.15) is 0 Å². The van der Waals surface area contributed by atoms with Crippen LogP contribution in [0, 0.1) is 5.92 Å². The second-order valence-corrected chi connectivity index (χ2v) is 7.28. The first kappa shape index (κ1) is 14.5. The first-order chi connectivity index (χ1) is 9.85. The highest BCUT2D eigenvalue weighted by Gasteiger charge is 2.31. The van der Waals surface area contributed by atoms with Crippen molar-refractivity contribution in [3.8, 4) is 0 Å². The summed E-state index contributed by atoms with van der Waals surface area (Å²) in [6.45, 7) is 7.01. The lowest BCUT2D eigenvalue weighted by Crippen LogP contribution is -2.37. The minimum absolute atomic E-state index is 0.848. The molecule has 4 heteroatoms. The fourth-order valence-electron chi connectivity index (χ4n) is 3.14. The van der Waals surface area contributed by atoms with Gasteiger partial charge in [-0.1, -0.05) is 6.92 Å². The molecule has 2 heterocycles. The zero-order chi connectivity index (χ0) is 13.8. The molecule has 0 radical (unpaired) electrons. The lowest BCUT2D eigenvalue weighted by Gasteiger charge is -2.29. The van der Waals surface area contributed by atoms with Gasteiger partial charge >= 0.3 is 0 Å². The largest absolute Gasteiger partial charge is 0.317 e. The third-order valence-electron chi connectivity index (χ3n) is 4.44. The lowest BCUT2D eigenvalue weighted by atomic mass is 9.97. The van der Waals surface area contributed by atoms with E-state index in [9.17, 15) is 0 Å². The Hall–Kier alpha value is -0.450. The molecule has 3 nitrogen and oxygen atoms in total. The van der Waals surface area contributed by atoms with Gasteiger partial charge in [0.2, 0.25) is 0 Å². The molecular weight excluding hydrogens is 266 g/mol. The first-order valence-electron chi connectivity index (χ1n) is 8.23. The smallest absolute Gasteiger partial charge is 0.0928 e. The maximum atomic E-state index is 4.81. The quantitative estimate of drug-likeness (QED) is 0.837. The highest BCUT2D eigenvalue weighted by atomic mass is 32.1. The van der Waals surface area contributed by atoms with Crippen molar-refractivity contribution in [2.24, 2.45) is 5.92 Å². The molecule has 1 saturated heterocycles.